The summed E-state index contributed by atoms with van der Waals surface area (Å²) < 4.78 is 12.8. The van der Waals surface area contributed by atoms with Crippen LogP contribution in [-0.2, 0) is 6.42 Å². The van der Waals surface area contributed by atoms with E-state index in [0.717, 1.165) is 29.2 Å². The second-order valence-electron chi connectivity index (χ2n) is 5.30. The Kier molecular flexibility index (Phi) is 5.12. The van der Waals surface area contributed by atoms with Crippen molar-refractivity contribution in [2.75, 3.05) is 11.9 Å². The molecule has 0 amide bonds. The van der Waals surface area contributed by atoms with Crippen LogP contribution in [-0.4, -0.2) is 16.5 Å². The van der Waals surface area contributed by atoms with Crippen molar-refractivity contribution >= 4 is 17.4 Å². The molecule has 0 saturated carbocycles. The maximum Gasteiger partial charge on any atom is 0.137 e. The van der Waals surface area contributed by atoms with Crippen LogP contribution in [0.1, 0.15) is 36.7 Å². The lowest BCUT2D eigenvalue weighted by Crippen LogP contribution is -2.11. The Morgan fingerprint density at radius 2 is 1.86 bits per heavy atom. The minimum Gasteiger partial charge on any atom is -0.369 e. The van der Waals surface area contributed by atoms with E-state index < -0.39 is 0 Å². The van der Waals surface area contributed by atoms with Crippen LogP contribution in [0.15, 0.2) is 24.3 Å². The minimum absolute atomic E-state index is 0.216. The van der Waals surface area contributed by atoms with Crippen LogP contribution in [0, 0.1) is 12.7 Å². The van der Waals surface area contributed by atoms with Gasteiger partial charge in [0.2, 0.25) is 0 Å². The van der Waals surface area contributed by atoms with Crippen molar-refractivity contribution in [2.45, 2.75) is 33.1 Å². The average Bonchev–Trinajstić information content (AvgIpc) is 2.45. The molecule has 3 nitrogen and oxygen atoms in total. The summed E-state index contributed by atoms with van der Waals surface area (Å²) in [6.07, 6.45) is 0.790. The molecule has 0 atom stereocenters. The second kappa shape index (κ2) is 6.85. The van der Waals surface area contributed by atoms with Gasteiger partial charge in [-0.15, -0.1) is 0 Å². The first-order valence-electron chi connectivity index (χ1n) is 6.99. The molecule has 0 aliphatic rings. The Bertz CT molecular complexity index is 612. The lowest BCUT2D eigenvalue weighted by molar-refractivity contribution is 0.627. The van der Waals surface area contributed by atoms with Gasteiger partial charge in [0.1, 0.15) is 22.6 Å². The van der Waals surface area contributed by atoms with Crippen LogP contribution in [0.4, 0.5) is 10.2 Å². The van der Waals surface area contributed by atoms with Gasteiger partial charge in [0.25, 0.3) is 0 Å². The number of halogens is 2. The molecule has 0 unspecified atom stereocenters. The first-order chi connectivity index (χ1) is 9.97. The zero-order valence-corrected chi connectivity index (χ0v) is 13.2. The summed E-state index contributed by atoms with van der Waals surface area (Å²) in [7, 11) is 0. The van der Waals surface area contributed by atoms with Gasteiger partial charge in [-0.05, 0) is 31.0 Å². The van der Waals surface area contributed by atoms with Gasteiger partial charge in [-0.25, -0.2) is 14.4 Å². The van der Waals surface area contributed by atoms with E-state index >= 15 is 0 Å². The Labute approximate surface area is 129 Å². The highest BCUT2D eigenvalue weighted by atomic mass is 35.5. The maximum atomic E-state index is 12.8. The van der Waals surface area contributed by atoms with E-state index in [9.17, 15) is 4.39 Å². The molecular weight excluding hydrogens is 289 g/mol. The van der Waals surface area contributed by atoms with Crippen molar-refractivity contribution < 1.29 is 4.39 Å². The lowest BCUT2D eigenvalue weighted by Gasteiger charge is -2.13. The number of anilines is 1. The highest BCUT2D eigenvalue weighted by Gasteiger charge is 2.11. The number of hydrogen-bond donors (Lipinski definition) is 1. The van der Waals surface area contributed by atoms with Gasteiger partial charge in [0.05, 0.1) is 0 Å². The number of aromatic nitrogens is 2. The molecule has 0 spiro atoms. The van der Waals surface area contributed by atoms with Gasteiger partial charge in [-0.3, -0.25) is 0 Å². The largest absolute Gasteiger partial charge is 0.369 e. The predicted molar refractivity (Wildman–Crippen MR) is 84.5 cm³/mol. The van der Waals surface area contributed by atoms with E-state index in [1.807, 2.05) is 20.8 Å². The van der Waals surface area contributed by atoms with Crippen molar-refractivity contribution in [3.63, 3.8) is 0 Å². The van der Waals surface area contributed by atoms with E-state index in [1.54, 1.807) is 12.1 Å². The normalized spacial score (nSPS) is 11.0. The fraction of sp³-hybridized carbons (Fsp3) is 0.375. The van der Waals surface area contributed by atoms with Crippen LogP contribution in [0.2, 0.25) is 5.15 Å². The average molecular weight is 308 g/mol. The number of hydrogen-bond acceptors (Lipinski definition) is 3. The topological polar surface area (TPSA) is 37.8 Å². The second-order valence-corrected chi connectivity index (χ2v) is 5.66. The van der Waals surface area contributed by atoms with Crippen molar-refractivity contribution in [2.24, 2.45) is 0 Å². The first kappa shape index (κ1) is 15.7. The minimum atomic E-state index is -0.216. The molecule has 1 N–H and O–H groups in total. The van der Waals surface area contributed by atoms with E-state index in [2.05, 4.69) is 15.3 Å². The quantitative estimate of drug-likeness (QED) is 0.834. The predicted octanol–water partition coefficient (Wildman–Crippen LogP) is 4.36. The smallest absolute Gasteiger partial charge is 0.137 e. The molecule has 0 aliphatic carbocycles. The molecule has 5 heteroatoms. The summed E-state index contributed by atoms with van der Waals surface area (Å²) in [5.74, 6) is 1.50. The summed E-state index contributed by atoms with van der Waals surface area (Å²) >= 11 is 6.14. The van der Waals surface area contributed by atoms with Gasteiger partial charge < -0.3 is 5.32 Å². The fourth-order valence-corrected chi connectivity index (χ4v) is 2.09. The molecule has 2 aromatic rings. The van der Waals surface area contributed by atoms with Gasteiger partial charge >= 0.3 is 0 Å². The Morgan fingerprint density at radius 3 is 2.48 bits per heavy atom. The Hall–Kier alpha value is -1.68. The van der Waals surface area contributed by atoms with E-state index in [4.69, 9.17) is 11.6 Å². The van der Waals surface area contributed by atoms with Crippen molar-refractivity contribution in [1.29, 1.82) is 0 Å². The molecule has 21 heavy (non-hydrogen) atoms. The Balaban J connectivity index is 2.04. The molecule has 0 aliphatic heterocycles. The van der Waals surface area contributed by atoms with Gasteiger partial charge in [0, 0.05) is 18.0 Å². The number of rotatable bonds is 5. The molecule has 0 radical (unpaired) electrons. The fourth-order valence-electron chi connectivity index (χ4n) is 1.91. The van der Waals surface area contributed by atoms with Crippen LogP contribution >= 0.6 is 11.6 Å². The maximum absolute atomic E-state index is 12.8. The zero-order chi connectivity index (χ0) is 15.4. The Morgan fingerprint density at radius 1 is 1.19 bits per heavy atom. The zero-order valence-electron chi connectivity index (χ0n) is 12.5. The van der Waals surface area contributed by atoms with Gasteiger partial charge in [-0.1, -0.05) is 37.6 Å². The van der Waals surface area contributed by atoms with Gasteiger partial charge in [0.15, 0.2) is 0 Å². The summed E-state index contributed by atoms with van der Waals surface area (Å²) in [6.45, 7) is 6.66. The third-order valence-electron chi connectivity index (χ3n) is 3.24. The van der Waals surface area contributed by atoms with Crippen LogP contribution in [0.3, 0.4) is 0 Å². The third kappa shape index (κ3) is 4.14. The van der Waals surface area contributed by atoms with Crippen molar-refractivity contribution in [1.82, 2.24) is 9.97 Å². The molecule has 1 aromatic carbocycles. The van der Waals surface area contributed by atoms with E-state index in [0.29, 0.717) is 11.7 Å². The summed E-state index contributed by atoms with van der Waals surface area (Å²) in [6, 6.07) is 6.52. The van der Waals surface area contributed by atoms with Crippen molar-refractivity contribution in [3.05, 3.63) is 52.2 Å². The van der Waals surface area contributed by atoms with Crippen molar-refractivity contribution in [3.8, 4) is 0 Å². The molecule has 2 rings (SSSR count). The summed E-state index contributed by atoms with van der Waals surface area (Å²) in [4.78, 5) is 8.79. The third-order valence-corrected chi connectivity index (χ3v) is 3.61. The monoisotopic (exact) mass is 307 g/mol. The number of nitrogens with one attached hydrogen (secondary N) is 1. The summed E-state index contributed by atoms with van der Waals surface area (Å²) in [5.41, 5.74) is 1.92. The first-order valence-corrected chi connectivity index (χ1v) is 7.37. The summed E-state index contributed by atoms with van der Waals surface area (Å²) in [5, 5.41) is 3.77. The molecule has 0 saturated heterocycles. The standard InChI is InChI=1S/C16H19ClFN3/c1-10(2)15-20-14(17)11(3)16(21-15)19-9-8-12-4-6-13(18)7-5-12/h4-7,10H,8-9H2,1-3H3,(H,19,20,21). The SMILES string of the molecule is Cc1c(Cl)nc(C(C)C)nc1NCCc1ccc(F)cc1. The van der Waals surface area contributed by atoms with E-state index in [1.165, 1.54) is 12.1 Å². The molecule has 1 aromatic heterocycles. The highest BCUT2D eigenvalue weighted by molar-refractivity contribution is 6.30. The van der Waals surface area contributed by atoms with E-state index in [-0.39, 0.29) is 11.7 Å². The van der Waals surface area contributed by atoms with Crippen LogP contribution in [0.25, 0.3) is 0 Å². The molecule has 0 bridgehead atoms. The number of benzene rings is 1. The lowest BCUT2D eigenvalue weighted by atomic mass is 10.1. The van der Waals surface area contributed by atoms with Crippen LogP contribution in [0.5, 0.6) is 0 Å². The highest BCUT2D eigenvalue weighted by Crippen LogP contribution is 2.22. The molecule has 1 heterocycles. The molecule has 0 fully saturated rings. The van der Waals surface area contributed by atoms with Gasteiger partial charge in [-0.2, -0.15) is 0 Å². The van der Waals surface area contributed by atoms with Crippen LogP contribution < -0.4 is 5.32 Å². The number of nitrogens with zero attached hydrogens (tertiary/aromatic N) is 2. The molecular formula is C16H19ClFN3. The molecule has 112 valence electrons.